The number of hydrogen-bond acceptors (Lipinski definition) is 7. The summed E-state index contributed by atoms with van der Waals surface area (Å²) >= 11 is 7.30. The smallest absolute Gasteiger partial charge is 0.250 e. The number of hydrogen-bond donors (Lipinski definition) is 2. The van der Waals surface area contributed by atoms with E-state index in [1.165, 1.54) is 31.2 Å². The zero-order valence-electron chi connectivity index (χ0n) is 19.0. The van der Waals surface area contributed by atoms with Crippen molar-refractivity contribution in [2.45, 2.75) is 12.1 Å². The van der Waals surface area contributed by atoms with Crippen LogP contribution < -0.4 is 10.2 Å². The van der Waals surface area contributed by atoms with E-state index < -0.39 is 0 Å². The van der Waals surface area contributed by atoms with E-state index in [1.807, 2.05) is 47.9 Å². The molecule has 0 aliphatic heterocycles. The number of carbonyl (C=O) groups is 1. The summed E-state index contributed by atoms with van der Waals surface area (Å²) in [5.41, 5.74) is 6.03. The molecule has 4 rings (SSSR count). The lowest BCUT2D eigenvalue weighted by Crippen LogP contribution is -2.20. The predicted octanol–water partition coefficient (Wildman–Crippen LogP) is 4.85. The van der Waals surface area contributed by atoms with Crippen molar-refractivity contribution < 1.29 is 14.6 Å². The van der Waals surface area contributed by atoms with E-state index in [9.17, 15) is 9.90 Å². The molecule has 10 heteroatoms. The normalized spacial score (nSPS) is 11.1. The van der Waals surface area contributed by atoms with E-state index >= 15 is 0 Å². The number of carbonyl (C=O) groups excluding carboxylic acids is 1. The lowest BCUT2D eigenvalue weighted by molar-refractivity contribution is -0.118. The molecule has 3 aromatic carbocycles. The van der Waals surface area contributed by atoms with Crippen LogP contribution in [0.2, 0.25) is 5.02 Å². The highest BCUT2D eigenvalue weighted by atomic mass is 35.5. The number of phenols is 1. The van der Waals surface area contributed by atoms with Gasteiger partial charge in [0.2, 0.25) is 0 Å². The Bertz CT molecular complexity index is 1350. The summed E-state index contributed by atoms with van der Waals surface area (Å²) in [7, 11) is 1.46. The number of thioether (sulfide) groups is 1. The zero-order valence-corrected chi connectivity index (χ0v) is 20.5. The van der Waals surface area contributed by atoms with Crippen molar-refractivity contribution in [1.82, 2.24) is 20.2 Å². The molecule has 1 heterocycles. The third-order valence-electron chi connectivity index (χ3n) is 4.97. The van der Waals surface area contributed by atoms with Gasteiger partial charge >= 0.3 is 0 Å². The van der Waals surface area contributed by atoms with Gasteiger partial charge in [-0.2, -0.15) is 5.10 Å². The Kier molecular flexibility index (Phi) is 7.69. The largest absolute Gasteiger partial charge is 0.504 e. The summed E-state index contributed by atoms with van der Waals surface area (Å²) in [6.45, 7) is 2.02. The molecule has 178 valence electrons. The standard InChI is InChI=1S/C25H22ClN5O3S/c1-16-3-10-20(11-4-16)31-24(18-6-8-19(26)9-7-18)29-30-25(31)35-15-23(33)28-27-14-17-5-12-21(32)22(13-17)34-2/h3-14,32H,15H2,1-2H3,(H,28,33)/b27-14+. The van der Waals surface area contributed by atoms with Crippen molar-refractivity contribution in [2.75, 3.05) is 12.9 Å². The highest BCUT2D eigenvalue weighted by molar-refractivity contribution is 7.99. The third kappa shape index (κ3) is 6.00. The van der Waals surface area contributed by atoms with Gasteiger partial charge in [0.05, 0.1) is 19.1 Å². The van der Waals surface area contributed by atoms with Crippen molar-refractivity contribution in [1.29, 1.82) is 0 Å². The van der Waals surface area contributed by atoms with Gasteiger partial charge in [-0.3, -0.25) is 9.36 Å². The molecule has 2 N–H and O–H groups in total. The number of rotatable bonds is 8. The van der Waals surface area contributed by atoms with E-state index in [-0.39, 0.29) is 17.4 Å². The van der Waals surface area contributed by atoms with Crippen LogP contribution in [0.4, 0.5) is 0 Å². The predicted molar refractivity (Wildman–Crippen MR) is 138 cm³/mol. The van der Waals surface area contributed by atoms with Crippen molar-refractivity contribution in [3.8, 4) is 28.6 Å². The van der Waals surface area contributed by atoms with Crippen LogP contribution in [-0.2, 0) is 4.79 Å². The number of aryl methyl sites for hydroxylation is 1. The summed E-state index contributed by atoms with van der Waals surface area (Å²) in [5, 5.41) is 23.6. The fourth-order valence-corrected chi connectivity index (χ4v) is 4.06. The van der Waals surface area contributed by atoms with Crippen LogP contribution in [0, 0.1) is 6.92 Å². The molecule has 0 fully saturated rings. The molecule has 8 nitrogen and oxygen atoms in total. The van der Waals surface area contributed by atoms with E-state index in [2.05, 4.69) is 20.7 Å². The highest BCUT2D eigenvalue weighted by Gasteiger charge is 2.17. The molecule has 0 unspecified atom stereocenters. The Morgan fingerprint density at radius 2 is 1.89 bits per heavy atom. The SMILES string of the molecule is COc1cc(/C=N/NC(=O)CSc2nnc(-c3ccc(Cl)cc3)n2-c2ccc(C)cc2)ccc1O. The molecule has 1 aromatic heterocycles. The third-order valence-corrected chi connectivity index (χ3v) is 6.15. The number of phenolic OH excluding ortho intramolecular Hbond substituents is 1. The van der Waals surface area contributed by atoms with Crippen LogP contribution in [0.25, 0.3) is 17.1 Å². The maximum Gasteiger partial charge on any atom is 0.250 e. The van der Waals surface area contributed by atoms with Crippen LogP contribution >= 0.6 is 23.4 Å². The molecule has 0 aliphatic carbocycles. The maximum atomic E-state index is 12.4. The molecule has 0 radical (unpaired) electrons. The maximum absolute atomic E-state index is 12.4. The number of nitrogens with one attached hydrogen (secondary N) is 1. The van der Waals surface area contributed by atoms with Gasteiger partial charge in [0, 0.05) is 16.3 Å². The van der Waals surface area contributed by atoms with Gasteiger partial charge in [-0.25, -0.2) is 5.43 Å². The Balaban J connectivity index is 1.49. The van der Waals surface area contributed by atoms with Crippen LogP contribution in [0.5, 0.6) is 11.5 Å². The number of aromatic hydroxyl groups is 1. The number of hydrazone groups is 1. The lowest BCUT2D eigenvalue weighted by atomic mass is 10.2. The van der Waals surface area contributed by atoms with E-state index in [1.54, 1.807) is 24.3 Å². The van der Waals surface area contributed by atoms with Gasteiger partial charge < -0.3 is 9.84 Å². The van der Waals surface area contributed by atoms with Gasteiger partial charge in [-0.15, -0.1) is 10.2 Å². The molecule has 0 aliphatic rings. The first kappa shape index (κ1) is 24.3. The number of methoxy groups -OCH3 is 1. The summed E-state index contributed by atoms with van der Waals surface area (Å²) in [6.07, 6.45) is 1.47. The monoisotopic (exact) mass is 507 g/mol. The number of halogens is 1. The molecule has 4 aromatic rings. The van der Waals surface area contributed by atoms with Crippen LogP contribution in [0.15, 0.2) is 77.0 Å². The summed E-state index contributed by atoms with van der Waals surface area (Å²) in [5.74, 6) is 0.778. The van der Waals surface area contributed by atoms with Crippen molar-refractivity contribution >= 4 is 35.5 Å². The van der Waals surface area contributed by atoms with Gasteiger partial charge in [-0.1, -0.05) is 41.1 Å². The first-order chi connectivity index (χ1) is 16.9. The fourth-order valence-electron chi connectivity index (χ4n) is 3.19. The first-order valence-corrected chi connectivity index (χ1v) is 11.9. The minimum atomic E-state index is -0.302. The van der Waals surface area contributed by atoms with Crippen LogP contribution in [0.3, 0.4) is 0 Å². The molecule has 1 amide bonds. The number of amides is 1. The molecular weight excluding hydrogens is 486 g/mol. The van der Waals surface area contributed by atoms with E-state index in [0.717, 1.165) is 16.8 Å². The minimum Gasteiger partial charge on any atom is -0.504 e. The second kappa shape index (κ2) is 11.1. The first-order valence-electron chi connectivity index (χ1n) is 10.5. The fraction of sp³-hybridized carbons (Fsp3) is 0.120. The van der Waals surface area contributed by atoms with Crippen LogP contribution in [0.1, 0.15) is 11.1 Å². The van der Waals surface area contributed by atoms with Crippen LogP contribution in [-0.4, -0.2) is 44.9 Å². The number of benzene rings is 3. The number of nitrogens with zero attached hydrogens (tertiary/aromatic N) is 4. The molecule has 0 saturated carbocycles. The van der Waals surface area contributed by atoms with Gasteiger partial charge in [0.25, 0.3) is 5.91 Å². The Labute approximate surface area is 211 Å². The molecule has 35 heavy (non-hydrogen) atoms. The van der Waals surface area contributed by atoms with Gasteiger partial charge in [-0.05, 0) is 67.1 Å². The second-order valence-corrected chi connectivity index (χ2v) is 8.88. The average Bonchev–Trinajstić information content (AvgIpc) is 3.28. The zero-order chi connectivity index (χ0) is 24.8. The Morgan fingerprint density at radius 1 is 1.14 bits per heavy atom. The highest BCUT2D eigenvalue weighted by Crippen LogP contribution is 2.29. The quantitative estimate of drug-likeness (QED) is 0.201. The van der Waals surface area contributed by atoms with Crippen molar-refractivity contribution in [3.05, 3.63) is 82.9 Å². The summed E-state index contributed by atoms with van der Waals surface area (Å²) in [4.78, 5) is 12.4. The van der Waals surface area contributed by atoms with Crippen molar-refractivity contribution in [3.63, 3.8) is 0 Å². The van der Waals surface area contributed by atoms with E-state index in [0.29, 0.717) is 27.3 Å². The lowest BCUT2D eigenvalue weighted by Gasteiger charge is -2.10. The average molecular weight is 508 g/mol. The second-order valence-electron chi connectivity index (χ2n) is 7.50. The number of ether oxygens (including phenoxy) is 1. The topological polar surface area (TPSA) is 102 Å². The molecule has 0 atom stereocenters. The summed E-state index contributed by atoms with van der Waals surface area (Å²) in [6, 6.07) is 20.1. The minimum absolute atomic E-state index is 0.0285. The molecule has 0 bridgehead atoms. The summed E-state index contributed by atoms with van der Waals surface area (Å²) < 4.78 is 6.98. The van der Waals surface area contributed by atoms with E-state index in [4.69, 9.17) is 16.3 Å². The van der Waals surface area contributed by atoms with Gasteiger partial charge in [0.1, 0.15) is 0 Å². The Hall–Kier alpha value is -3.82. The molecular formula is C25H22ClN5O3S. The molecule has 0 spiro atoms. The van der Waals surface area contributed by atoms with Gasteiger partial charge in [0.15, 0.2) is 22.5 Å². The van der Waals surface area contributed by atoms with Crippen molar-refractivity contribution in [2.24, 2.45) is 5.10 Å². The molecule has 0 saturated heterocycles. The number of aromatic nitrogens is 3. The Morgan fingerprint density at radius 3 is 2.60 bits per heavy atom.